The van der Waals surface area contributed by atoms with Gasteiger partial charge in [-0.15, -0.1) is 0 Å². The number of rotatable bonds is 3. The average Bonchev–Trinajstić information content (AvgIpc) is 2.15. The first-order valence-electron chi connectivity index (χ1n) is 4.63. The Morgan fingerprint density at radius 3 is 2.57 bits per heavy atom. The Labute approximate surface area is 84.5 Å². The molecule has 0 aliphatic carbocycles. The number of hydrogen-bond acceptors (Lipinski definition) is 3. The first-order chi connectivity index (χ1) is 6.60. The lowest BCUT2D eigenvalue weighted by Crippen LogP contribution is -2.13. The van der Waals surface area contributed by atoms with Crippen molar-refractivity contribution in [3.05, 3.63) is 28.8 Å². The fourth-order valence-corrected chi connectivity index (χ4v) is 1.64. The first-order valence-corrected chi connectivity index (χ1v) is 4.63. The van der Waals surface area contributed by atoms with Crippen LogP contribution in [0.1, 0.15) is 22.8 Å². The second-order valence-electron chi connectivity index (χ2n) is 3.46. The summed E-state index contributed by atoms with van der Waals surface area (Å²) in [7, 11) is 1.60. The van der Waals surface area contributed by atoms with E-state index >= 15 is 0 Å². The Morgan fingerprint density at radius 1 is 1.43 bits per heavy atom. The summed E-state index contributed by atoms with van der Waals surface area (Å²) in [6, 6.07) is 3.93. The summed E-state index contributed by atoms with van der Waals surface area (Å²) < 4.78 is 5.24. The van der Waals surface area contributed by atoms with E-state index in [-0.39, 0.29) is 6.54 Å². The Kier molecular flexibility index (Phi) is 3.49. The maximum absolute atomic E-state index is 9.69. The molecule has 1 rings (SSSR count). The maximum Gasteiger partial charge on any atom is 0.127 e. The average molecular weight is 195 g/mol. The van der Waals surface area contributed by atoms with E-state index in [2.05, 4.69) is 0 Å². The van der Waals surface area contributed by atoms with Crippen LogP contribution in [0.4, 0.5) is 0 Å². The third-order valence-electron chi connectivity index (χ3n) is 2.23. The van der Waals surface area contributed by atoms with Crippen LogP contribution in [0.2, 0.25) is 0 Å². The normalized spacial score (nSPS) is 12.6. The van der Waals surface area contributed by atoms with E-state index in [0.717, 1.165) is 22.4 Å². The van der Waals surface area contributed by atoms with Crippen LogP contribution < -0.4 is 10.5 Å². The molecule has 78 valence electrons. The number of aliphatic hydroxyl groups excluding tert-OH is 1. The fraction of sp³-hybridized carbons (Fsp3) is 0.455. The Balaban J connectivity index is 3.24. The number of aliphatic hydroxyl groups is 1. The Morgan fingerprint density at radius 2 is 2.07 bits per heavy atom. The minimum atomic E-state index is -0.649. The number of aryl methyl sites for hydroxylation is 2. The van der Waals surface area contributed by atoms with Crippen LogP contribution in [0, 0.1) is 13.8 Å². The molecule has 14 heavy (non-hydrogen) atoms. The summed E-state index contributed by atoms with van der Waals surface area (Å²) in [5.41, 5.74) is 8.32. The lowest BCUT2D eigenvalue weighted by Gasteiger charge is -2.16. The van der Waals surface area contributed by atoms with Gasteiger partial charge in [-0.05, 0) is 25.5 Å². The van der Waals surface area contributed by atoms with Crippen molar-refractivity contribution in [2.75, 3.05) is 13.7 Å². The van der Waals surface area contributed by atoms with Gasteiger partial charge in [-0.25, -0.2) is 0 Å². The molecule has 1 aromatic rings. The van der Waals surface area contributed by atoms with Gasteiger partial charge in [-0.2, -0.15) is 0 Å². The molecule has 0 radical (unpaired) electrons. The quantitative estimate of drug-likeness (QED) is 0.764. The third kappa shape index (κ3) is 2.05. The summed E-state index contributed by atoms with van der Waals surface area (Å²) in [5, 5.41) is 9.69. The van der Waals surface area contributed by atoms with Crippen LogP contribution in [0.3, 0.4) is 0 Å². The van der Waals surface area contributed by atoms with Crippen LogP contribution >= 0.6 is 0 Å². The molecule has 0 aliphatic rings. The highest BCUT2D eigenvalue weighted by Crippen LogP contribution is 2.29. The summed E-state index contributed by atoms with van der Waals surface area (Å²) in [6.45, 7) is 4.15. The molecule has 1 unspecified atom stereocenters. The largest absolute Gasteiger partial charge is 0.496 e. The van der Waals surface area contributed by atoms with Crippen LogP contribution in [0.25, 0.3) is 0 Å². The van der Waals surface area contributed by atoms with E-state index in [0.29, 0.717) is 0 Å². The summed E-state index contributed by atoms with van der Waals surface area (Å²) in [5.74, 6) is 0.730. The number of ether oxygens (including phenoxy) is 1. The molecule has 0 saturated heterocycles. The standard InChI is InChI=1S/C11H17NO2/c1-7-4-8(2)11(14-3)9(5-7)10(13)6-12/h4-5,10,13H,6,12H2,1-3H3. The zero-order valence-electron chi connectivity index (χ0n) is 8.87. The summed E-state index contributed by atoms with van der Waals surface area (Å²) in [4.78, 5) is 0. The molecule has 0 heterocycles. The Hall–Kier alpha value is -1.06. The van der Waals surface area contributed by atoms with Gasteiger partial charge in [0.2, 0.25) is 0 Å². The summed E-state index contributed by atoms with van der Waals surface area (Å²) >= 11 is 0. The highest BCUT2D eigenvalue weighted by atomic mass is 16.5. The second-order valence-corrected chi connectivity index (χ2v) is 3.46. The molecule has 0 bridgehead atoms. The molecule has 0 amide bonds. The minimum absolute atomic E-state index is 0.208. The van der Waals surface area contributed by atoms with E-state index in [1.165, 1.54) is 0 Å². The first kappa shape index (κ1) is 11.0. The lowest BCUT2D eigenvalue weighted by atomic mass is 10.0. The van der Waals surface area contributed by atoms with Crippen molar-refractivity contribution in [3.63, 3.8) is 0 Å². The lowest BCUT2D eigenvalue weighted by molar-refractivity contribution is 0.182. The Bertz CT molecular complexity index is 323. The van der Waals surface area contributed by atoms with E-state index in [9.17, 15) is 5.11 Å². The van der Waals surface area contributed by atoms with Crippen molar-refractivity contribution < 1.29 is 9.84 Å². The van der Waals surface area contributed by atoms with Crippen LogP contribution in [0.5, 0.6) is 5.75 Å². The zero-order valence-corrected chi connectivity index (χ0v) is 8.87. The monoisotopic (exact) mass is 195 g/mol. The van der Waals surface area contributed by atoms with Crippen molar-refractivity contribution >= 4 is 0 Å². The van der Waals surface area contributed by atoms with Gasteiger partial charge in [0, 0.05) is 12.1 Å². The highest BCUT2D eigenvalue weighted by molar-refractivity contribution is 5.45. The van der Waals surface area contributed by atoms with Crippen LogP contribution in [-0.4, -0.2) is 18.8 Å². The molecule has 0 saturated carbocycles. The van der Waals surface area contributed by atoms with Gasteiger partial charge < -0.3 is 15.6 Å². The summed E-state index contributed by atoms with van der Waals surface area (Å²) in [6.07, 6.45) is -0.649. The molecule has 0 spiro atoms. The van der Waals surface area contributed by atoms with Gasteiger partial charge in [-0.3, -0.25) is 0 Å². The molecule has 0 aromatic heterocycles. The molecule has 0 aliphatic heterocycles. The van der Waals surface area contributed by atoms with Crippen LogP contribution in [0.15, 0.2) is 12.1 Å². The highest BCUT2D eigenvalue weighted by Gasteiger charge is 2.13. The molecule has 3 heteroatoms. The molecular weight excluding hydrogens is 178 g/mol. The number of hydrogen-bond donors (Lipinski definition) is 2. The predicted octanol–water partition coefficient (Wildman–Crippen LogP) is 1.30. The minimum Gasteiger partial charge on any atom is -0.496 e. The number of nitrogens with two attached hydrogens (primary N) is 1. The smallest absolute Gasteiger partial charge is 0.127 e. The second kappa shape index (κ2) is 4.44. The molecular formula is C11H17NO2. The molecule has 1 aromatic carbocycles. The topological polar surface area (TPSA) is 55.5 Å². The van der Waals surface area contributed by atoms with Crippen molar-refractivity contribution in [1.29, 1.82) is 0 Å². The van der Waals surface area contributed by atoms with Gasteiger partial charge in [-0.1, -0.05) is 11.6 Å². The van der Waals surface area contributed by atoms with Gasteiger partial charge in [0.15, 0.2) is 0 Å². The maximum atomic E-state index is 9.69. The van der Waals surface area contributed by atoms with Gasteiger partial charge in [0.1, 0.15) is 5.75 Å². The van der Waals surface area contributed by atoms with E-state index in [4.69, 9.17) is 10.5 Å². The third-order valence-corrected chi connectivity index (χ3v) is 2.23. The molecule has 3 nitrogen and oxygen atoms in total. The van der Waals surface area contributed by atoms with E-state index < -0.39 is 6.10 Å². The number of benzene rings is 1. The number of methoxy groups -OCH3 is 1. The van der Waals surface area contributed by atoms with Crippen molar-refractivity contribution in [3.8, 4) is 5.75 Å². The van der Waals surface area contributed by atoms with E-state index in [1.54, 1.807) is 7.11 Å². The fourth-order valence-electron chi connectivity index (χ4n) is 1.64. The van der Waals surface area contributed by atoms with Gasteiger partial charge >= 0.3 is 0 Å². The van der Waals surface area contributed by atoms with Crippen molar-refractivity contribution in [1.82, 2.24) is 0 Å². The SMILES string of the molecule is COc1c(C)cc(C)cc1C(O)CN. The van der Waals surface area contributed by atoms with Gasteiger partial charge in [0.25, 0.3) is 0 Å². The zero-order chi connectivity index (χ0) is 10.7. The van der Waals surface area contributed by atoms with Crippen LogP contribution in [-0.2, 0) is 0 Å². The van der Waals surface area contributed by atoms with Crippen molar-refractivity contribution in [2.24, 2.45) is 5.73 Å². The molecule has 0 fully saturated rings. The van der Waals surface area contributed by atoms with Gasteiger partial charge in [0.05, 0.1) is 13.2 Å². The predicted molar refractivity (Wildman–Crippen MR) is 56.5 cm³/mol. The van der Waals surface area contributed by atoms with Crippen molar-refractivity contribution in [2.45, 2.75) is 20.0 Å². The van der Waals surface area contributed by atoms with E-state index in [1.807, 2.05) is 26.0 Å². The molecule has 3 N–H and O–H groups in total. The molecule has 1 atom stereocenters.